The van der Waals surface area contributed by atoms with Crippen molar-refractivity contribution in [1.82, 2.24) is 0 Å². The van der Waals surface area contributed by atoms with Gasteiger partial charge in [0, 0.05) is 17.4 Å². The zero-order valence-electron chi connectivity index (χ0n) is 10.5. The van der Waals surface area contributed by atoms with Gasteiger partial charge in [-0.05, 0) is 43.5 Å². The minimum absolute atomic E-state index is 0.0657. The molecule has 0 aliphatic rings. The number of nitrogens with two attached hydrogens (primary N) is 1. The molecule has 0 saturated heterocycles. The van der Waals surface area contributed by atoms with Crippen LogP contribution in [0.3, 0.4) is 0 Å². The molecule has 0 saturated carbocycles. The van der Waals surface area contributed by atoms with Crippen LogP contribution in [0.2, 0.25) is 5.02 Å². The van der Waals surface area contributed by atoms with Gasteiger partial charge >= 0.3 is 0 Å². The maximum atomic E-state index is 12.0. The van der Waals surface area contributed by atoms with Gasteiger partial charge in [0.25, 0.3) is 0 Å². The molecule has 0 radical (unpaired) electrons. The van der Waals surface area contributed by atoms with Crippen LogP contribution in [0.1, 0.15) is 30.9 Å². The van der Waals surface area contributed by atoms with Crippen molar-refractivity contribution in [3.05, 3.63) is 34.3 Å². The second-order valence-electron chi connectivity index (χ2n) is 4.57. The molecular formula is C14H20ClNO. The van der Waals surface area contributed by atoms with Crippen LogP contribution >= 0.6 is 11.6 Å². The molecule has 1 atom stereocenters. The van der Waals surface area contributed by atoms with E-state index < -0.39 is 0 Å². The number of Topliss-reactive ketones (excluding diaryl/α,β-unsaturated/α-hetero) is 1. The number of rotatable bonds is 6. The fourth-order valence-corrected chi connectivity index (χ4v) is 2.04. The summed E-state index contributed by atoms with van der Waals surface area (Å²) in [5.74, 6) is 0.306. The average molecular weight is 254 g/mol. The summed E-state index contributed by atoms with van der Waals surface area (Å²) in [5.41, 5.74) is 7.47. The topological polar surface area (TPSA) is 43.1 Å². The van der Waals surface area contributed by atoms with Gasteiger partial charge in [-0.25, -0.2) is 0 Å². The molecule has 0 heterocycles. The van der Waals surface area contributed by atoms with Gasteiger partial charge in [0.15, 0.2) is 0 Å². The lowest BCUT2D eigenvalue weighted by atomic mass is 9.95. The molecule has 1 aromatic rings. The predicted octanol–water partition coefficient (Wildman–Crippen LogP) is 3.14. The van der Waals surface area contributed by atoms with E-state index in [0.29, 0.717) is 18.0 Å². The van der Waals surface area contributed by atoms with Gasteiger partial charge in [0.1, 0.15) is 5.78 Å². The van der Waals surface area contributed by atoms with E-state index in [0.717, 1.165) is 24.0 Å². The molecule has 0 amide bonds. The van der Waals surface area contributed by atoms with Gasteiger partial charge in [-0.15, -0.1) is 0 Å². The Balaban J connectivity index is 2.61. The lowest BCUT2D eigenvalue weighted by molar-refractivity contribution is -0.121. The maximum absolute atomic E-state index is 12.0. The number of carbonyl (C=O) groups excluding carboxylic acids is 1. The number of hydrogen-bond acceptors (Lipinski definition) is 2. The van der Waals surface area contributed by atoms with Crippen LogP contribution in [0.5, 0.6) is 0 Å². The van der Waals surface area contributed by atoms with E-state index in [1.165, 1.54) is 0 Å². The molecule has 3 heteroatoms. The molecule has 94 valence electrons. The minimum atomic E-state index is 0.0657. The summed E-state index contributed by atoms with van der Waals surface area (Å²) in [6, 6.07) is 5.82. The van der Waals surface area contributed by atoms with Crippen molar-refractivity contribution in [2.45, 2.75) is 33.1 Å². The van der Waals surface area contributed by atoms with Crippen molar-refractivity contribution in [3.63, 3.8) is 0 Å². The van der Waals surface area contributed by atoms with Crippen molar-refractivity contribution in [1.29, 1.82) is 0 Å². The summed E-state index contributed by atoms with van der Waals surface area (Å²) < 4.78 is 0. The van der Waals surface area contributed by atoms with E-state index in [-0.39, 0.29) is 11.7 Å². The smallest absolute Gasteiger partial charge is 0.140 e. The Labute approximate surface area is 108 Å². The van der Waals surface area contributed by atoms with E-state index in [9.17, 15) is 4.79 Å². The summed E-state index contributed by atoms with van der Waals surface area (Å²) in [6.07, 6.45) is 2.18. The van der Waals surface area contributed by atoms with Gasteiger partial charge in [0.2, 0.25) is 0 Å². The van der Waals surface area contributed by atoms with Crippen molar-refractivity contribution in [3.8, 4) is 0 Å². The fourth-order valence-electron chi connectivity index (χ4n) is 1.74. The Morgan fingerprint density at radius 1 is 1.47 bits per heavy atom. The zero-order valence-corrected chi connectivity index (χ0v) is 11.3. The lowest BCUT2D eigenvalue weighted by Crippen LogP contribution is -2.15. The number of benzene rings is 1. The molecular weight excluding hydrogens is 234 g/mol. The number of carbonyl (C=O) groups is 1. The summed E-state index contributed by atoms with van der Waals surface area (Å²) in [4.78, 5) is 12.0. The minimum Gasteiger partial charge on any atom is -0.330 e. The van der Waals surface area contributed by atoms with E-state index >= 15 is 0 Å². The second-order valence-corrected chi connectivity index (χ2v) is 4.98. The van der Waals surface area contributed by atoms with E-state index in [2.05, 4.69) is 0 Å². The Morgan fingerprint density at radius 3 is 2.76 bits per heavy atom. The summed E-state index contributed by atoms with van der Waals surface area (Å²) >= 11 is 6.11. The highest BCUT2D eigenvalue weighted by molar-refractivity contribution is 6.31. The summed E-state index contributed by atoms with van der Waals surface area (Å²) in [7, 11) is 0. The molecule has 2 nitrogen and oxygen atoms in total. The zero-order chi connectivity index (χ0) is 12.8. The van der Waals surface area contributed by atoms with Crippen LogP contribution in [-0.4, -0.2) is 12.3 Å². The predicted molar refractivity (Wildman–Crippen MR) is 72.4 cm³/mol. The number of aryl methyl sites for hydroxylation is 1. The van der Waals surface area contributed by atoms with Crippen LogP contribution in [-0.2, 0) is 11.2 Å². The Hall–Kier alpha value is -0.860. The number of halogens is 1. The first-order chi connectivity index (χ1) is 8.04. The molecule has 1 unspecified atom stereocenters. The molecule has 2 N–H and O–H groups in total. The standard InChI is InChI=1S/C14H20ClNO/c1-10-5-6-12(13(15)8-10)9-14(17)11(2)4-3-7-16/h5-6,8,11H,3-4,7,9,16H2,1-2H3. The SMILES string of the molecule is Cc1ccc(CC(=O)C(C)CCCN)c(Cl)c1. The molecule has 1 aromatic carbocycles. The molecule has 1 rings (SSSR count). The lowest BCUT2D eigenvalue weighted by Gasteiger charge is -2.10. The van der Waals surface area contributed by atoms with E-state index in [4.69, 9.17) is 17.3 Å². The highest BCUT2D eigenvalue weighted by Gasteiger charge is 2.14. The highest BCUT2D eigenvalue weighted by Crippen LogP contribution is 2.20. The van der Waals surface area contributed by atoms with Crippen molar-refractivity contribution >= 4 is 17.4 Å². The van der Waals surface area contributed by atoms with Crippen molar-refractivity contribution in [2.75, 3.05) is 6.54 Å². The number of hydrogen-bond donors (Lipinski definition) is 1. The van der Waals surface area contributed by atoms with Crippen LogP contribution in [0.15, 0.2) is 18.2 Å². The molecule has 0 fully saturated rings. The third-order valence-electron chi connectivity index (χ3n) is 2.96. The molecule has 0 spiro atoms. The first kappa shape index (κ1) is 14.2. The van der Waals surface area contributed by atoms with Gasteiger partial charge in [0.05, 0.1) is 0 Å². The summed E-state index contributed by atoms with van der Waals surface area (Å²) in [5, 5.41) is 0.685. The normalized spacial score (nSPS) is 12.5. The quantitative estimate of drug-likeness (QED) is 0.847. The van der Waals surface area contributed by atoms with Gasteiger partial charge < -0.3 is 5.73 Å². The largest absolute Gasteiger partial charge is 0.330 e. The molecule has 17 heavy (non-hydrogen) atoms. The molecule has 0 aliphatic carbocycles. The van der Waals surface area contributed by atoms with Crippen LogP contribution in [0, 0.1) is 12.8 Å². The molecule has 0 aliphatic heterocycles. The van der Waals surface area contributed by atoms with E-state index in [1.54, 1.807) is 0 Å². The molecule has 0 aromatic heterocycles. The average Bonchev–Trinajstić information content (AvgIpc) is 2.29. The first-order valence-corrected chi connectivity index (χ1v) is 6.40. The Morgan fingerprint density at radius 2 is 2.18 bits per heavy atom. The van der Waals surface area contributed by atoms with Crippen molar-refractivity contribution in [2.24, 2.45) is 11.7 Å². The first-order valence-electron chi connectivity index (χ1n) is 6.02. The third kappa shape index (κ3) is 4.49. The Kier molecular flexibility index (Phi) is 5.66. The third-order valence-corrected chi connectivity index (χ3v) is 3.32. The number of ketones is 1. The highest BCUT2D eigenvalue weighted by atomic mass is 35.5. The van der Waals surface area contributed by atoms with Gasteiger partial charge in [-0.1, -0.05) is 30.7 Å². The van der Waals surface area contributed by atoms with Gasteiger partial charge in [-0.2, -0.15) is 0 Å². The van der Waals surface area contributed by atoms with Crippen LogP contribution in [0.25, 0.3) is 0 Å². The van der Waals surface area contributed by atoms with Gasteiger partial charge in [-0.3, -0.25) is 4.79 Å². The van der Waals surface area contributed by atoms with Crippen LogP contribution in [0.4, 0.5) is 0 Å². The Bertz CT molecular complexity index is 390. The maximum Gasteiger partial charge on any atom is 0.140 e. The summed E-state index contributed by atoms with van der Waals surface area (Å²) in [6.45, 7) is 4.59. The van der Waals surface area contributed by atoms with Crippen LogP contribution < -0.4 is 5.73 Å². The monoisotopic (exact) mass is 253 g/mol. The van der Waals surface area contributed by atoms with Crippen molar-refractivity contribution < 1.29 is 4.79 Å². The van der Waals surface area contributed by atoms with E-state index in [1.807, 2.05) is 32.0 Å². The molecule has 0 bridgehead atoms. The fraction of sp³-hybridized carbons (Fsp3) is 0.500. The second kappa shape index (κ2) is 6.77.